The fourth-order valence-electron chi connectivity index (χ4n) is 3.73. The summed E-state index contributed by atoms with van der Waals surface area (Å²) in [7, 11) is 0. The van der Waals surface area contributed by atoms with E-state index in [0.717, 1.165) is 49.8 Å². The predicted octanol–water partition coefficient (Wildman–Crippen LogP) is 3.32. The summed E-state index contributed by atoms with van der Waals surface area (Å²) in [5.41, 5.74) is 1.99. The molecule has 1 aliphatic rings. The molecule has 180 valence electrons. The van der Waals surface area contributed by atoms with Crippen LogP contribution >= 0.6 is 11.6 Å². The molecule has 9 heteroatoms. The molecule has 1 aliphatic heterocycles. The molecular formula is C24H31ClFN3O4. The second kappa shape index (κ2) is 12.3. The third-order valence-electron chi connectivity index (χ3n) is 5.69. The average molecular weight is 480 g/mol. The number of nitrogens with zero attached hydrogens (tertiary/aromatic N) is 1. The number of benzene rings is 1. The van der Waals surface area contributed by atoms with E-state index in [9.17, 15) is 19.4 Å². The fraction of sp³-hybridized carbons (Fsp3) is 0.500. The summed E-state index contributed by atoms with van der Waals surface area (Å²) < 4.78 is 19.6. The van der Waals surface area contributed by atoms with E-state index in [4.69, 9.17) is 21.3 Å². The lowest BCUT2D eigenvalue weighted by molar-refractivity contribution is -0.0718. The molecule has 0 saturated carbocycles. The molecule has 33 heavy (non-hydrogen) atoms. The van der Waals surface area contributed by atoms with Gasteiger partial charge in [-0.2, -0.15) is 0 Å². The second-order valence-electron chi connectivity index (χ2n) is 8.44. The molecule has 4 N–H and O–H groups in total. The highest BCUT2D eigenvalue weighted by Gasteiger charge is 2.23. The maximum Gasteiger partial charge on any atom is 0.256 e. The van der Waals surface area contributed by atoms with Crippen molar-refractivity contribution in [3.63, 3.8) is 0 Å². The highest BCUT2D eigenvalue weighted by atomic mass is 35.5. The van der Waals surface area contributed by atoms with Gasteiger partial charge in [-0.1, -0.05) is 30.7 Å². The van der Waals surface area contributed by atoms with Crippen LogP contribution in [0.3, 0.4) is 0 Å². The average Bonchev–Trinajstić information content (AvgIpc) is 2.79. The monoisotopic (exact) mass is 479 g/mol. The number of carbonyl (C=O) groups excluding carboxylic acids is 1. The Morgan fingerprint density at radius 1 is 1.30 bits per heavy atom. The minimum Gasteiger partial charge on any atom is -0.381 e. The van der Waals surface area contributed by atoms with Crippen LogP contribution in [0.5, 0.6) is 0 Å². The van der Waals surface area contributed by atoms with Gasteiger partial charge in [-0.05, 0) is 61.8 Å². The fourth-order valence-corrected chi connectivity index (χ4v) is 3.98. The Kier molecular flexibility index (Phi) is 9.43. The van der Waals surface area contributed by atoms with Crippen LogP contribution in [0.1, 0.15) is 47.8 Å². The van der Waals surface area contributed by atoms with Gasteiger partial charge in [-0.3, -0.25) is 4.79 Å². The Bertz CT molecular complexity index is 924. The summed E-state index contributed by atoms with van der Waals surface area (Å²) in [4.78, 5) is 17.0. The van der Waals surface area contributed by atoms with Crippen LogP contribution in [0.4, 0.5) is 10.2 Å². The Morgan fingerprint density at radius 2 is 2.12 bits per heavy atom. The quantitative estimate of drug-likeness (QED) is 0.291. The summed E-state index contributed by atoms with van der Waals surface area (Å²) in [6, 6.07) is 7.11. The van der Waals surface area contributed by atoms with Gasteiger partial charge >= 0.3 is 0 Å². The number of hydrogen-bond acceptors (Lipinski definition) is 6. The lowest BCUT2D eigenvalue weighted by Gasteiger charge is -2.21. The van der Waals surface area contributed by atoms with E-state index < -0.39 is 24.1 Å². The number of hydrogen-bond donors (Lipinski definition) is 4. The van der Waals surface area contributed by atoms with Gasteiger partial charge in [-0.25, -0.2) is 9.37 Å². The molecular weight excluding hydrogens is 449 g/mol. The van der Waals surface area contributed by atoms with E-state index in [0.29, 0.717) is 6.61 Å². The van der Waals surface area contributed by atoms with E-state index in [1.807, 2.05) is 0 Å². The van der Waals surface area contributed by atoms with Gasteiger partial charge in [0.1, 0.15) is 11.6 Å². The summed E-state index contributed by atoms with van der Waals surface area (Å²) in [6.45, 7) is 3.74. The molecule has 0 aliphatic carbocycles. The molecule has 3 rings (SSSR count). The van der Waals surface area contributed by atoms with Crippen LogP contribution < -0.4 is 10.6 Å². The molecule has 2 aromatic rings. The highest BCUT2D eigenvalue weighted by molar-refractivity contribution is 6.33. The zero-order valence-electron chi connectivity index (χ0n) is 18.7. The van der Waals surface area contributed by atoms with Gasteiger partial charge in [0, 0.05) is 25.5 Å². The molecule has 0 fully saturated rings. The first-order valence-electron chi connectivity index (χ1n) is 11.3. The molecule has 7 nitrogen and oxygen atoms in total. The molecule has 0 unspecified atom stereocenters. The first kappa shape index (κ1) is 25.4. The van der Waals surface area contributed by atoms with Crippen molar-refractivity contribution < 1.29 is 24.1 Å². The molecule has 1 aromatic carbocycles. The van der Waals surface area contributed by atoms with Crippen LogP contribution in [-0.2, 0) is 17.6 Å². The minimum absolute atomic E-state index is 0.0482. The number of nitrogens with one attached hydrogen (secondary N) is 2. The van der Waals surface area contributed by atoms with E-state index in [-0.39, 0.29) is 29.5 Å². The molecule has 0 spiro atoms. The number of pyridine rings is 1. The number of amides is 1. The van der Waals surface area contributed by atoms with Crippen LogP contribution in [0.15, 0.2) is 30.3 Å². The van der Waals surface area contributed by atoms with Crippen molar-refractivity contribution in [3.05, 3.63) is 58.0 Å². The summed E-state index contributed by atoms with van der Waals surface area (Å²) in [5.74, 6) is -0.313. The number of carbonyl (C=O) groups is 1. The SMILES string of the molecule is C[C@@H](CCc1ccc2c(n1)NCCC2)COCC[C@@H](NC(=O)c1c(F)cccc1Cl)C(O)O. The normalized spacial score (nSPS) is 15.0. The first-order valence-corrected chi connectivity index (χ1v) is 11.6. The molecule has 0 radical (unpaired) electrons. The van der Waals surface area contributed by atoms with E-state index in [1.165, 1.54) is 17.7 Å². The lowest BCUT2D eigenvalue weighted by Crippen LogP contribution is -2.44. The van der Waals surface area contributed by atoms with Crippen molar-refractivity contribution in [1.29, 1.82) is 0 Å². The van der Waals surface area contributed by atoms with E-state index in [1.54, 1.807) is 0 Å². The summed E-state index contributed by atoms with van der Waals surface area (Å²) in [6.07, 6.45) is 2.29. The third-order valence-corrected chi connectivity index (χ3v) is 6.00. The Morgan fingerprint density at radius 3 is 2.88 bits per heavy atom. The number of fused-ring (bicyclic) bond motifs is 1. The molecule has 0 saturated heterocycles. The smallest absolute Gasteiger partial charge is 0.256 e. The van der Waals surface area contributed by atoms with Gasteiger partial charge < -0.3 is 25.6 Å². The van der Waals surface area contributed by atoms with Crippen LogP contribution in [0, 0.1) is 11.7 Å². The van der Waals surface area contributed by atoms with Crippen molar-refractivity contribution in [3.8, 4) is 0 Å². The zero-order chi connectivity index (χ0) is 23.8. The lowest BCUT2D eigenvalue weighted by atomic mass is 10.0. The number of aliphatic hydroxyl groups is 2. The van der Waals surface area contributed by atoms with Crippen molar-refractivity contribution in [2.45, 2.75) is 51.4 Å². The maximum absolute atomic E-state index is 13.9. The third kappa shape index (κ3) is 7.37. The van der Waals surface area contributed by atoms with Gasteiger partial charge in [0.25, 0.3) is 5.91 Å². The number of aromatic nitrogens is 1. The predicted molar refractivity (Wildman–Crippen MR) is 125 cm³/mol. The van der Waals surface area contributed by atoms with Crippen LogP contribution in [-0.4, -0.2) is 53.2 Å². The standard InChI is InChI=1S/C24H31ClFN3O4/c1-15(7-9-17-10-8-16-4-3-12-27-22(16)28-17)14-33-13-11-20(24(31)32)29-23(30)21-18(25)5-2-6-19(21)26/h2,5-6,8,10,15,20,24,31-32H,3-4,7,9,11-14H2,1H3,(H,27,28)(H,29,30)/t15-,20+/m0/s1. The van der Waals surface area contributed by atoms with Gasteiger partial charge in [0.05, 0.1) is 16.6 Å². The number of aryl methyl sites for hydroxylation is 2. The van der Waals surface area contributed by atoms with Crippen molar-refractivity contribution in [1.82, 2.24) is 10.3 Å². The van der Waals surface area contributed by atoms with Crippen LogP contribution in [0.25, 0.3) is 0 Å². The van der Waals surface area contributed by atoms with Gasteiger partial charge in [0.2, 0.25) is 0 Å². The molecule has 0 bridgehead atoms. The van der Waals surface area contributed by atoms with Crippen molar-refractivity contribution in [2.24, 2.45) is 5.92 Å². The number of aliphatic hydroxyl groups excluding tert-OH is 1. The molecule has 1 aromatic heterocycles. The van der Waals surface area contributed by atoms with E-state index >= 15 is 0 Å². The van der Waals surface area contributed by atoms with Gasteiger partial charge in [-0.15, -0.1) is 0 Å². The Labute approximate surface area is 198 Å². The maximum atomic E-state index is 13.9. The van der Waals surface area contributed by atoms with Crippen molar-refractivity contribution >= 4 is 23.3 Å². The molecule has 2 heterocycles. The minimum atomic E-state index is -1.82. The van der Waals surface area contributed by atoms with Gasteiger partial charge in [0.15, 0.2) is 6.29 Å². The Balaban J connectivity index is 1.40. The first-order chi connectivity index (χ1) is 15.8. The number of halogens is 2. The number of anilines is 1. The second-order valence-corrected chi connectivity index (χ2v) is 8.85. The summed E-state index contributed by atoms with van der Waals surface area (Å²) >= 11 is 5.90. The van der Waals surface area contributed by atoms with Crippen molar-refractivity contribution in [2.75, 3.05) is 25.1 Å². The van der Waals surface area contributed by atoms with Crippen LogP contribution in [0.2, 0.25) is 5.02 Å². The molecule has 2 atom stereocenters. The highest BCUT2D eigenvalue weighted by Crippen LogP contribution is 2.21. The Hall–Kier alpha value is -2.26. The van der Waals surface area contributed by atoms with E-state index in [2.05, 4.69) is 29.7 Å². The number of ether oxygens (including phenoxy) is 1. The largest absolute Gasteiger partial charge is 0.381 e. The molecule has 1 amide bonds. The topological polar surface area (TPSA) is 104 Å². The zero-order valence-corrected chi connectivity index (χ0v) is 19.4. The number of rotatable bonds is 11. The summed E-state index contributed by atoms with van der Waals surface area (Å²) in [5, 5.41) is 24.9.